The van der Waals surface area contributed by atoms with Gasteiger partial charge in [0.15, 0.2) is 0 Å². The Hall–Kier alpha value is -3.31. The molecule has 0 fully saturated rings. The highest BCUT2D eigenvalue weighted by molar-refractivity contribution is 7.92. The van der Waals surface area contributed by atoms with Crippen LogP contribution >= 0.6 is 0 Å². The average molecular weight is 416 g/mol. The number of benzene rings is 4. The second-order valence-electron chi connectivity index (χ2n) is 7.46. The summed E-state index contributed by atoms with van der Waals surface area (Å²) in [7, 11) is -3.69. The Morgan fingerprint density at radius 1 is 0.733 bits per heavy atom. The van der Waals surface area contributed by atoms with Gasteiger partial charge in [0.1, 0.15) is 11.5 Å². The molecule has 0 spiro atoms. The van der Waals surface area contributed by atoms with E-state index in [1.54, 1.807) is 30.3 Å². The Kier molecular flexibility index (Phi) is 4.68. The Bertz CT molecular complexity index is 1310. The predicted molar refractivity (Wildman–Crippen MR) is 120 cm³/mol. The lowest BCUT2D eigenvalue weighted by Crippen LogP contribution is -2.16. The summed E-state index contributed by atoms with van der Waals surface area (Å²) in [5.74, 6) is 1.38. The van der Waals surface area contributed by atoms with Crippen molar-refractivity contribution >= 4 is 26.5 Å². The van der Waals surface area contributed by atoms with E-state index in [-0.39, 0.29) is 0 Å². The number of ether oxygens (including phenoxy) is 1. The minimum atomic E-state index is -3.69. The van der Waals surface area contributed by atoms with Crippen molar-refractivity contribution in [2.75, 3.05) is 4.72 Å². The third-order valence-electron chi connectivity index (χ3n) is 5.44. The van der Waals surface area contributed by atoms with Crippen LogP contribution in [0.15, 0.2) is 89.8 Å². The van der Waals surface area contributed by atoms with E-state index >= 15 is 0 Å². The van der Waals surface area contributed by atoms with Crippen LogP contribution in [0.5, 0.6) is 11.5 Å². The van der Waals surface area contributed by atoms with E-state index in [1.807, 2.05) is 48.5 Å². The van der Waals surface area contributed by atoms with Crippen LogP contribution in [0.1, 0.15) is 17.5 Å². The van der Waals surface area contributed by atoms with Crippen molar-refractivity contribution in [1.82, 2.24) is 0 Å². The molecule has 5 heteroatoms. The van der Waals surface area contributed by atoms with Gasteiger partial charge in [-0.1, -0.05) is 42.5 Å². The number of sulfonamides is 1. The summed E-state index contributed by atoms with van der Waals surface area (Å²) < 4.78 is 34.9. The number of para-hydroxylation sites is 1. The summed E-state index contributed by atoms with van der Waals surface area (Å²) >= 11 is 0. The Balaban J connectivity index is 1.43. The van der Waals surface area contributed by atoms with Crippen LogP contribution in [-0.2, 0) is 22.9 Å². The Labute approximate surface area is 176 Å². The first-order valence-electron chi connectivity index (χ1n) is 9.99. The third kappa shape index (κ3) is 3.53. The Morgan fingerprint density at radius 3 is 2.30 bits per heavy atom. The minimum absolute atomic E-state index is 0.367. The number of nitrogens with one attached hydrogen (secondary N) is 1. The molecule has 0 aliphatic heterocycles. The maximum Gasteiger partial charge on any atom is 0.262 e. The van der Waals surface area contributed by atoms with Gasteiger partial charge < -0.3 is 4.74 Å². The molecule has 30 heavy (non-hydrogen) atoms. The molecule has 0 bridgehead atoms. The van der Waals surface area contributed by atoms with Gasteiger partial charge in [0.05, 0.1) is 4.90 Å². The predicted octanol–water partition coefficient (Wildman–Crippen LogP) is 5.92. The zero-order valence-electron chi connectivity index (χ0n) is 16.3. The molecule has 150 valence electrons. The van der Waals surface area contributed by atoms with E-state index in [4.69, 9.17) is 4.74 Å². The third-order valence-corrected chi connectivity index (χ3v) is 6.91. The number of anilines is 1. The zero-order valence-corrected chi connectivity index (χ0v) is 17.2. The molecular weight excluding hydrogens is 394 g/mol. The van der Waals surface area contributed by atoms with Gasteiger partial charge in [-0.3, -0.25) is 4.72 Å². The monoisotopic (exact) mass is 415 g/mol. The molecular formula is C25H21NO3S. The lowest BCUT2D eigenvalue weighted by molar-refractivity contribution is 0.483. The van der Waals surface area contributed by atoms with Gasteiger partial charge in [0, 0.05) is 5.69 Å². The van der Waals surface area contributed by atoms with E-state index in [2.05, 4.69) is 10.8 Å². The van der Waals surface area contributed by atoms with Gasteiger partial charge in [-0.15, -0.1) is 0 Å². The summed E-state index contributed by atoms with van der Waals surface area (Å²) in [6, 6.07) is 26.2. The van der Waals surface area contributed by atoms with Crippen molar-refractivity contribution in [3.63, 3.8) is 0 Å². The van der Waals surface area contributed by atoms with Crippen molar-refractivity contribution in [1.29, 1.82) is 0 Å². The highest BCUT2D eigenvalue weighted by Crippen LogP contribution is 2.35. The van der Waals surface area contributed by atoms with Crippen LogP contribution < -0.4 is 9.46 Å². The second kappa shape index (κ2) is 7.50. The van der Waals surface area contributed by atoms with Crippen molar-refractivity contribution in [2.45, 2.75) is 24.2 Å². The smallest absolute Gasteiger partial charge is 0.262 e. The van der Waals surface area contributed by atoms with E-state index in [1.165, 1.54) is 5.56 Å². The summed E-state index contributed by atoms with van der Waals surface area (Å²) in [5, 5.41) is 2.20. The molecule has 0 saturated heterocycles. The van der Waals surface area contributed by atoms with Crippen molar-refractivity contribution in [3.8, 4) is 11.5 Å². The van der Waals surface area contributed by atoms with Gasteiger partial charge in [-0.05, 0) is 83.6 Å². The van der Waals surface area contributed by atoms with Gasteiger partial charge in [-0.2, -0.15) is 0 Å². The molecule has 0 atom stereocenters. The van der Waals surface area contributed by atoms with Crippen molar-refractivity contribution in [3.05, 3.63) is 96.1 Å². The van der Waals surface area contributed by atoms with Gasteiger partial charge >= 0.3 is 0 Å². The van der Waals surface area contributed by atoms with E-state index in [9.17, 15) is 8.42 Å². The number of hydrogen-bond donors (Lipinski definition) is 1. The summed E-state index contributed by atoms with van der Waals surface area (Å²) in [6.45, 7) is 0. The highest BCUT2D eigenvalue weighted by Gasteiger charge is 2.23. The van der Waals surface area contributed by atoms with Crippen LogP contribution in [-0.4, -0.2) is 8.42 Å². The molecule has 0 saturated carbocycles. The first kappa shape index (κ1) is 18.7. The minimum Gasteiger partial charge on any atom is -0.457 e. The molecule has 4 aromatic rings. The Morgan fingerprint density at radius 2 is 1.50 bits per heavy atom. The lowest BCUT2D eigenvalue weighted by atomic mass is 9.89. The normalized spacial score (nSPS) is 13.2. The van der Waals surface area contributed by atoms with Crippen LogP contribution in [0.2, 0.25) is 0 Å². The standard InChI is InChI=1S/C25H21NO3S/c27-30(28,24-17-12-19-7-4-6-18-8-5-11-23(24)25(18)19)26-20-13-15-22(16-14-20)29-21-9-2-1-3-10-21/h1-4,6-7,9-10,12-17,26H,5,8,11H2. The summed E-state index contributed by atoms with van der Waals surface area (Å²) in [5.41, 5.74) is 2.66. The van der Waals surface area contributed by atoms with E-state index in [0.29, 0.717) is 16.3 Å². The molecule has 0 heterocycles. The van der Waals surface area contributed by atoms with E-state index in [0.717, 1.165) is 41.3 Å². The lowest BCUT2D eigenvalue weighted by Gasteiger charge is -2.21. The molecule has 1 aliphatic carbocycles. The van der Waals surface area contributed by atoms with E-state index < -0.39 is 10.0 Å². The van der Waals surface area contributed by atoms with Gasteiger partial charge in [0.2, 0.25) is 0 Å². The molecule has 0 radical (unpaired) electrons. The van der Waals surface area contributed by atoms with Crippen molar-refractivity contribution < 1.29 is 13.2 Å². The summed E-state index contributed by atoms with van der Waals surface area (Å²) in [6.07, 6.45) is 2.72. The first-order chi connectivity index (χ1) is 14.6. The average Bonchev–Trinajstić information content (AvgIpc) is 2.76. The van der Waals surface area contributed by atoms with Crippen LogP contribution in [0.3, 0.4) is 0 Å². The molecule has 0 aromatic heterocycles. The second-order valence-corrected chi connectivity index (χ2v) is 9.11. The maximum atomic E-state index is 13.2. The number of hydrogen-bond acceptors (Lipinski definition) is 3. The maximum absolute atomic E-state index is 13.2. The highest BCUT2D eigenvalue weighted by atomic mass is 32.2. The fourth-order valence-electron chi connectivity index (χ4n) is 4.11. The molecule has 5 rings (SSSR count). The van der Waals surface area contributed by atoms with Crippen LogP contribution in [0.25, 0.3) is 10.8 Å². The quantitative estimate of drug-likeness (QED) is 0.440. The molecule has 1 aliphatic rings. The fraction of sp³-hybridized carbons (Fsp3) is 0.120. The van der Waals surface area contributed by atoms with Gasteiger partial charge in [-0.25, -0.2) is 8.42 Å². The topological polar surface area (TPSA) is 55.4 Å². The largest absolute Gasteiger partial charge is 0.457 e. The SMILES string of the molecule is O=S(=O)(Nc1ccc(Oc2ccccc2)cc1)c1ccc2cccc3c2c1CCC3. The fourth-order valence-corrected chi connectivity index (χ4v) is 5.44. The molecule has 4 aromatic carbocycles. The van der Waals surface area contributed by atoms with Gasteiger partial charge in [0.25, 0.3) is 10.0 Å². The summed E-state index contributed by atoms with van der Waals surface area (Å²) in [4.78, 5) is 0.367. The molecule has 0 unspecified atom stereocenters. The van der Waals surface area contributed by atoms with Crippen LogP contribution in [0, 0.1) is 0 Å². The zero-order chi connectivity index (χ0) is 20.6. The molecule has 0 amide bonds. The first-order valence-corrected chi connectivity index (χ1v) is 11.5. The van der Waals surface area contributed by atoms with Crippen LogP contribution in [0.4, 0.5) is 5.69 Å². The number of rotatable bonds is 5. The number of aryl methyl sites for hydroxylation is 2. The molecule has 1 N–H and O–H groups in total. The molecule has 4 nitrogen and oxygen atoms in total. The van der Waals surface area contributed by atoms with Crippen molar-refractivity contribution in [2.24, 2.45) is 0 Å².